The summed E-state index contributed by atoms with van der Waals surface area (Å²) in [6, 6.07) is 18.2. The van der Waals surface area contributed by atoms with Crippen molar-refractivity contribution >= 4 is 22.5 Å². The normalized spacial score (nSPS) is 16.9. The van der Waals surface area contributed by atoms with Crippen LogP contribution in [0, 0.1) is 5.92 Å². The topological polar surface area (TPSA) is 57.3 Å². The maximum absolute atomic E-state index is 12.3. The second kappa shape index (κ2) is 8.85. The quantitative estimate of drug-likeness (QED) is 0.677. The number of benzene rings is 2. The lowest BCUT2D eigenvalue weighted by Crippen LogP contribution is -2.31. The molecule has 0 bridgehead atoms. The maximum atomic E-state index is 12.3. The highest BCUT2D eigenvalue weighted by Crippen LogP contribution is 2.23. The molecule has 1 atom stereocenters. The van der Waals surface area contributed by atoms with E-state index in [1.165, 1.54) is 12.0 Å². The Hall–Kier alpha value is -2.92. The number of amides is 2. The molecule has 1 aliphatic heterocycles. The largest absolute Gasteiger partial charge is 0.338 e. The molecule has 4 rings (SSSR count). The van der Waals surface area contributed by atoms with Crippen LogP contribution in [0.1, 0.15) is 18.4 Å². The predicted molar refractivity (Wildman–Crippen MR) is 113 cm³/mol. The van der Waals surface area contributed by atoms with Crippen LogP contribution in [0.4, 0.5) is 10.5 Å². The second-order valence-electron chi connectivity index (χ2n) is 7.45. The van der Waals surface area contributed by atoms with E-state index in [9.17, 15) is 4.79 Å². The van der Waals surface area contributed by atoms with Crippen molar-refractivity contribution in [2.75, 3.05) is 25.0 Å². The van der Waals surface area contributed by atoms with E-state index in [4.69, 9.17) is 0 Å². The molecule has 2 N–H and O–H groups in total. The Morgan fingerprint density at radius 2 is 2.00 bits per heavy atom. The third kappa shape index (κ3) is 4.67. The van der Waals surface area contributed by atoms with Gasteiger partial charge in [0.2, 0.25) is 0 Å². The van der Waals surface area contributed by atoms with Gasteiger partial charge in [-0.2, -0.15) is 0 Å². The monoisotopic (exact) mass is 374 g/mol. The zero-order valence-corrected chi connectivity index (χ0v) is 16.0. The lowest BCUT2D eigenvalue weighted by atomic mass is 10.1. The van der Waals surface area contributed by atoms with E-state index in [1.54, 1.807) is 12.4 Å². The first kappa shape index (κ1) is 18.4. The fourth-order valence-corrected chi connectivity index (χ4v) is 3.92. The number of fused-ring (bicyclic) bond motifs is 1. The minimum atomic E-state index is -0.150. The Morgan fingerprint density at radius 1 is 1.11 bits per heavy atom. The number of hydrogen-bond acceptors (Lipinski definition) is 3. The van der Waals surface area contributed by atoms with E-state index in [2.05, 4.69) is 50.8 Å². The molecule has 1 aromatic heterocycles. The molecule has 5 nitrogen and oxygen atoms in total. The lowest BCUT2D eigenvalue weighted by molar-refractivity contribution is 0.251. The van der Waals surface area contributed by atoms with Gasteiger partial charge in [-0.25, -0.2) is 4.79 Å². The molecule has 2 heterocycles. The Balaban J connectivity index is 1.21. The van der Waals surface area contributed by atoms with E-state index in [0.29, 0.717) is 12.5 Å². The Labute approximate surface area is 165 Å². The van der Waals surface area contributed by atoms with Gasteiger partial charge >= 0.3 is 6.03 Å². The summed E-state index contributed by atoms with van der Waals surface area (Å²) in [5.41, 5.74) is 2.18. The van der Waals surface area contributed by atoms with Crippen molar-refractivity contribution in [3.8, 4) is 0 Å². The van der Waals surface area contributed by atoms with Crippen LogP contribution < -0.4 is 10.6 Å². The Morgan fingerprint density at radius 3 is 2.89 bits per heavy atom. The number of anilines is 1. The molecule has 144 valence electrons. The van der Waals surface area contributed by atoms with Crippen LogP contribution in [0.15, 0.2) is 67.0 Å². The number of carbonyl (C=O) groups excluding carboxylic acids is 1. The predicted octanol–water partition coefficient (Wildman–Crippen LogP) is 4.27. The average molecular weight is 374 g/mol. The molecule has 0 radical (unpaired) electrons. The summed E-state index contributed by atoms with van der Waals surface area (Å²) in [5, 5.41) is 7.98. The zero-order valence-electron chi connectivity index (χ0n) is 16.0. The van der Waals surface area contributed by atoms with E-state index < -0.39 is 0 Å². The molecule has 1 aliphatic rings. The number of likely N-dealkylation sites (tertiary alicyclic amines) is 1. The van der Waals surface area contributed by atoms with Gasteiger partial charge in [-0.15, -0.1) is 0 Å². The highest BCUT2D eigenvalue weighted by molar-refractivity contribution is 6.01. The highest BCUT2D eigenvalue weighted by Gasteiger charge is 2.22. The maximum Gasteiger partial charge on any atom is 0.319 e. The fourth-order valence-electron chi connectivity index (χ4n) is 3.92. The summed E-state index contributed by atoms with van der Waals surface area (Å²) < 4.78 is 0. The molecule has 0 saturated carbocycles. The number of nitrogens with one attached hydrogen (secondary N) is 2. The number of aromatic nitrogens is 1. The summed E-state index contributed by atoms with van der Waals surface area (Å²) >= 11 is 0. The molecule has 28 heavy (non-hydrogen) atoms. The number of rotatable bonds is 6. The van der Waals surface area contributed by atoms with Gasteiger partial charge < -0.3 is 10.6 Å². The van der Waals surface area contributed by atoms with Gasteiger partial charge in [0.25, 0.3) is 0 Å². The van der Waals surface area contributed by atoms with Crippen molar-refractivity contribution in [1.29, 1.82) is 0 Å². The lowest BCUT2D eigenvalue weighted by Gasteiger charge is -2.16. The van der Waals surface area contributed by atoms with Crippen LogP contribution in [-0.2, 0) is 6.54 Å². The molecular formula is C23H26N4O. The molecule has 1 unspecified atom stereocenters. The van der Waals surface area contributed by atoms with Crippen LogP contribution in [0.5, 0.6) is 0 Å². The molecule has 1 saturated heterocycles. The van der Waals surface area contributed by atoms with Gasteiger partial charge in [0.1, 0.15) is 0 Å². The summed E-state index contributed by atoms with van der Waals surface area (Å²) in [6.45, 7) is 3.95. The molecule has 2 amide bonds. The highest BCUT2D eigenvalue weighted by atomic mass is 16.2. The molecular weight excluding hydrogens is 348 g/mol. The molecule has 3 aromatic rings. The molecule has 0 aliphatic carbocycles. The molecule has 2 aromatic carbocycles. The molecule has 5 heteroatoms. The van der Waals surface area contributed by atoms with E-state index in [-0.39, 0.29) is 6.03 Å². The van der Waals surface area contributed by atoms with E-state index in [1.807, 2.05) is 24.3 Å². The minimum Gasteiger partial charge on any atom is -0.338 e. The molecule has 0 spiro atoms. The Kier molecular flexibility index (Phi) is 5.83. The average Bonchev–Trinajstić information content (AvgIpc) is 3.16. The van der Waals surface area contributed by atoms with Crippen molar-refractivity contribution < 1.29 is 4.79 Å². The summed E-state index contributed by atoms with van der Waals surface area (Å²) in [6.07, 6.45) is 5.76. The van der Waals surface area contributed by atoms with Gasteiger partial charge in [0, 0.05) is 42.8 Å². The number of urea groups is 1. The van der Waals surface area contributed by atoms with Crippen molar-refractivity contribution in [3.05, 3.63) is 72.6 Å². The number of hydrogen-bond donors (Lipinski definition) is 2. The van der Waals surface area contributed by atoms with Gasteiger partial charge in [-0.05, 0) is 43.0 Å². The third-order valence-electron chi connectivity index (χ3n) is 5.39. The SMILES string of the molecule is O=C(NCCC1CCN(Cc2ccccc2)C1)Nc1cccc2cnccc12. The first-order valence-corrected chi connectivity index (χ1v) is 9.92. The van der Waals surface area contributed by atoms with E-state index >= 15 is 0 Å². The van der Waals surface area contributed by atoms with Gasteiger partial charge in [0.05, 0.1) is 5.69 Å². The van der Waals surface area contributed by atoms with Crippen LogP contribution in [0.2, 0.25) is 0 Å². The zero-order chi connectivity index (χ0) is 19.2. The molecule has 1 fully saturated rings. The summed E-state index contributed by atoms with van der Waals surface area (Å²) in [5.74, 6) is 0.646. The number of pyridine rings is 1. The summed E-state index contributed by atoms with van der Waals surface area (Å²) in [7, 11) is 0. The van der Waals surface area contributed by atoms with Crippen LogP contribution >= 0.6 is 0 Å². The number of nitrogens with zero attached hydrogens (tertiary/aromatic N) is 2. The van der Waals surface area contributed by atoms with Crippen molar-refractivity contribution in [2.24, 2.45) is 5.92 Å². The fraction of sp³-hybridized carbons (Fsp3) is 0.304. The van der Waals surface area contributed by atoms with Gasteiger partial charge in [-0.1, -0.05) is 42.5 Å². The first-order valence-electron chi connectivity index (χ1n) is 9.92. The van der Waals surface area contributed by atoms with Gasteiger partial charge in [0.15, 0.2) is 0 Å². The standard InChI is InChI=1S/C23H26N4O/c28-23(26-22-8-4-7-20-15-24-12-10-21(20)22)25-13-9-19-11-14-27(17-19)16-18-5-2-1-3-6-18/h1-8,10,12,15,19H,9,11,13-14,16-17H2,(H2,25,26,28). The van der Waals surface area contributed by atoms with Gasteiger partial charge in [-0.3, -0.25) is 9.88 Å². The Bertz CT molecular complexity index is 923. The number of carbonyl (C=O) groups is 1. The van der Waals surface area contributed by atoms with Crippen molar-refractivity contribution in [3.63, 3.8) is 0 Å². The first-order chi connectivity index (χ1) is 13.8. The van der Waals surface area contributed by atoms with Crippen LogP contribution in [-0.4, -0.2) is 35.5 Å². The third-order valence-corrected chi connectivity index (χ3v) is 5.39. The van der Waals surface area contributed by atoms with Crippen LogP contribution in [0.25, 0.3) is 10.8 Å². The second-order valence-corrected chi connectivity index (χ2v) is 7.45. The smallest absolute Gasteiger partial charge is 0.319 e. The summed E-state index contributed by atoms with van der Waals surface area (Å²) in [4.78, 5) is 18.9. The van der Waals surface area contributed by atoms with Crippen molar-refractivity contribution in [1.82, 2.24) is 15.2 Å². The minimum absolute atomic E-state index is 0.150. The van der Waals surface area contributed by atoms with Crippen LogP contribution in [0.3, 0.4) is 0 Å². The van der Waals surface area contributed by atoms with E-state index in [0.717, 1.165) is 42.5 Å². The van der Waals surface area contributed by atoms with Crippen molar-refractivity contribution in [2.45, 2.75) is 19.4 Å².